The molecule has 0 saturated carbocycles. The molecule has 1 aromatic heterocycles. The number of halogens is 3. The molecule has 0 bridgehead atoms. The number of thioether (sulfide) groups is 1. The van der Waals surface area contributed by atoms with Crippen molar-refractivity contribution in [2.45, 2.75) is 25.0 Å². The number of carbonyl (C=O) groups is 2. The zero-order valence-corrected chi connectivity index (χ0v) is 11.9. The molecule has 21 heavy (non-hydrogen) atoms. The number of hydrogen-bond donors (Lipinski definition) is 2. The van der Waals surface area contributed by atoms with Crippen LogP contribution in [-0.2, 0) is 4.79 Å². The summed E-state index contributed by atoms with van der Waals surface area (Å²) in [6, 6.07) is 0. The van der Waals surface area contributed by atoms with Crippen molar-refractivity contribution in [3.8, 4) is 0 Å². The molecule has 0 spiro atoms. The van der Waals surface area contributed by atoms with Gasteiger partial charge in [0, 0.05) is 5.69 Å². The van der Waals surface area contributed by atoms with Crippen LogP contribution in [0.5, 0.6) is 0 Å². The number of aryl methyl sites for hydroxylation is 1. The van der Waals surface area contributed by atoms with Crippen LogP contribution in [0.3, 0.4) is 0 Å². The number of aromatic nitrogens is 2. The summed E-state index contributed by atoms with van der Waals surface area (Å²) in [5.74, 6) is -1.62. The molecule has 1 rings (SSSR count). The Kier molecular flexibility index (Phi) is 5.53. The topological polar surface area (TPSA) is 91.9 Å². The molecule has 6 nitrogen and oxygen atoms in total. The molecule has 1 amide bonds. The Morgan fingerprint density at radius 1 is 1.38 bits per heavy atom. The molecule has 10 heteroatoms. The first-order valence-corrected chi connectivity index (χ1v) is 6.67. The van der Waals surface area contributed by atoms with Crippen LogP contribution in [0.4, 0.5) is 13.2 Å². The molecule has 1 aromatic rings. The lowest BCUT2D eigenvalue weighted by Gasteiger charge is -2.09. The maximum absolute atomic E-state index is 11.9. The monoisotopic (exact) mass is 323 g/mol. The fraction of sp³-hybridized carbons (Fsp3) is 0.455. The number of nitrogens with one attached hydrogen (secondary N) is 2. The Morgan fingerprint density at radius 3 is 2.52 bits per heavy atom. The van der Waals surface area contributed by atoms with Crippen molar-refractivity contribution in [3.63, 3.8) is 0 Å². The second-order valence-electron chi connectivity index (χ2n) is 4.08. The summed E-state index contributed by atoms with van der Waals surface area (Å²) >= 11 is 0.731. The van der Waals surface area contributed by atoms with Crippen LogP contribution >= 0.6 is 11.8 Å². The first-order chi connectivity index (χ1) is 9.60. The van der Waals surface area contributed by atoms with Crippen molar-refractivity contribution in [2.24, 2.45) is 0 Å². The summed E-state index contributed by atoms with van der Waals surface area (Å²) < 4.78 is 35.8. The predicted octanol–water partition coefficient (Wildman–Crippen LogP) is 1.05. The van der Waals surface area contributed by atoms with Crippen molar-refractivity contribution >= 4 is 23.5 Å². The van der Waals surface area contributed by atoms with Crippen LogP contribution in [0.1, 0.15) is 23.0 Å². The second kappa shape index (κ2) is 6.74. The van der Waals surface area contributed by atoms with Crippen LogP contribution in [-0.4, -0.2) is 40.1 Å². The molecule has 0 aliphatic heterocycles. The molecule has 0 saturated heterocycles. The smallest absolute Gasteiger partial charge is 0.346 e. The maximum atomic E-state index is 11.9. The highest BCUT2D eigenvalue weighted by Gasteiger charge is 2.27. The first kappa shape index (κ1) is 17.2. The van der Waals surface area contributed by atoms with Gasteiger partial charge in [0.25, 0.3) is 0 Å². The molecule has 1 heterocycles. The summed E-state index contributed by atoms with van der Waals surface area (Å²) in [5.41, 5.74) is -0.264. The summed E-state index contributed by atoms with van der Waals surface area (Å²) in [6.07, 6.45) is -4.50. The van der Waals surface area contributed by atoms with Crippen LogP contribution in [0.15, 0.2) is 9.82 Å². The summed E-state index contributed by atoms with van der Waals surface area (Å²) in [6.45, 7) is 1.32. The van der Waals surface area contributed by atoms with Gasteiger partial charge in [0.2, 0.25) is 5.91 Å². The minimum absolute atomic E-state index is 0.0194. The van der Waals surface area contributed by atoms with E-state index in [9.17, 15) is 27.6 Å². The third kappa shape index (κ3) is 5.58. The van der Waals surface area contributed by atoms with Crippen molar-refractivity contribution < 1.29 is 22.8 Å². The van der Waals surface area contributed by atoms with E-state index < -0.39 is 24.3 Å². The van der Waals surface area contributed by atoms with Crippen LogP contribution in [0.2, 0.25) is 0 Å². The Labute approximate surface area is 121 Å². The van der Waals surface area contributed by atoms with E-state index >= 15 is 0 Å². The van der Waals surface area contributed by atoms with Gasteiger partial charge in [-0.2, -0.15) is 18.2 Å². The number of Topliss-reactive ketones (excluding diaryl/α,β-unsaturated/α-hetero) is 1. The van der Waals surface area contributed by atoms with E-state index in [1.165, 1.54) is 13.8 Å². The van der Waals surface area contributed by atoms with Gasteiger partial charge >= 0.3 is 11.9 Å². The Balaban J connectivity index is 2.78. The van der Waals surface area contributed by atoms with Crippen molar-refractivity contribution in [1.82, 2.24) is 15.3 Å². The minimum atomic E-state index is -4.50. The fourth-order valence-electron chi connectivity index (χ4n) is 1.46. The van der Waals surface area contributed by atoms with Crippen molar-refractivity contribution in [1.29, 1.82) is 0 Å². The number of H-pyrrole nitrogens is 1. The van der Waals surface area contributed by atoms with Crippen molar-refractivity contribution in [3.05, 3.63) is 21.7 Å². The SMILES string of the molecule is CC(=O)c1c(SCC(=O)NCC(F)(F)F)nc(=O)[nH]c1C. The van der Waals surface area contributed by atoms with Gasteiger partial charge in [-0.25, -0.2) is 4.79 Å². The van der Waals surface area contributed by atoms with E-state index in [-0.39, 0.29) is 22.1 Å². The molecule has 0 radical (unpaired) electrons. The standard InChI is InChI=1S/C11H12F3N3O3S/c1-5-8(6(2)18)9(17-10(20)16-5)21-3-7(19)15-4-11(12,13)14/h3-4H2,1-2H3,(H,15,19)(H,16,17,20). The highest BCUT2D eigenvalue weighted by atomic mass is 32.2. The Morgan fingerprint density at radius 2 is 2.00 bits per heavy atom. The maximum Gasteiger partial charge on any atom is 0.405 e. The number of rotatable bonds is 5. The van der Waals surface area contributed by atoms with Crippen LogP contribution < -0.4 is 11.0 Å². The third-order valence-electron chi connectivity index (χ3n) is 2.26. The zero-order valence-electron chi connectivity index (χ0n) is 11.1. The largest absolute Gasteiger partial charge is 0.405 e. The number of carbonyl (C=O) groups excluding carboxylic acids is 2. The highest BCUT2D eigenvalue weighted by Crippen LogP contribution is 2.21. The van der Waals surface area contributed by atoms with Gasteiger partial charge in [0.1, 0.15) is 11.6 Å². The van der Waals surface area contributed by atoms with Crippen molar-refractivity contribution in [2.75, 3.05) is 12.3 Å². The number of amides is 1. The number of ketones is 1. The van der Waals surface area contributed by atoms with E-state index in [4.69, 9.17) is 0 Å². The summed E-state index contributed by atoms with van der Waals surface area (Å²) in [5, 5.41) is 1.71. The molecule has 0 atom stereocenters. The van der Waals surface area contributed by atoms with Gasteiger partial charge in [-0.05, 0) is 13.8 Å². The van der Waals surface area contributed by atoms with Gasteiger partial charge in [-0.3, -0.25) is 9.59 Å². The average molecular weight is 323 g/mol. The number of alkyl halides is 3. The molecule has 0 fully saturated rings. The lowest BCUT2D eigenvalue weighted by Crippen LogP contribution is -2.34. The highest BCUT2D eigenvalue weighted by molar-refractivity contribution is 8.00. The van der Waals surface area contributed by atoms with E-state index in [1.54, 1.807) is 5.32 Å². The molecule has 116 valence electrons. The van der Waals surface area contributed by atoms with E-state index in [0.29, 0.717) is 5.69 Å². The zero-order chi connectivity index (χ0) is 16.2. The van der Waals surface area contributed by atoms with Crippen LogP contribution in [0.25, 0.3) is 0 Å². The van der Waals surface area contributed by atoms with E-state index in [0.717, 1.165) is 11.8 Å². The van der Waals surface area contributed by atoms with E-state index in [1.807, 2.05) is 0 Å². The molecule has 0 aromatic carbocycles. The summed E-state index contributed by atoms with van der Waals surface area (Å²) in [7, 11) is 0. The molecule has 0 aliphatic rings. The summed E-state index contributed by atoms with van der Waals surface area (Å²) in [4.78, 5) is 39.9. The van der Waals surface area contributed by atoms with Gasteiger partial charge in [0.05, 0.1) is 11.3 Å². The fourth-order valence-corrected chi connectivity index (χ4v) is 2.42. The molecule has 0 aliphatic carbocycles. The predicted molar refractivity (Wildman–Crippen MR) is 69.4 cm³/mol. The molecular weight excluding hydrogens is 311 g/mol. The number of nitrogens with zero attached hydrogens (tertiary/aromatic N) is 1. The molecular formula is C11H12F3N3O3S. The number of hydrogen-bond acceptors (Lipinski definition) is 5. The van der Waals surface area contributed by atoms with Gasteiger partial charge < -0.3 is 10.3 Å². The third-order valence-corrected chi connectivity index (χ3v) is 3.24. The molecule has 2 N–H and O–H groups in total. The Bertz CT molecular complexity index is 613. The molecule has 0 unspecified atom stereocenters. The normalized spacial score (nSPS) is 11.3. The van der Waals surface area contributed by atoms with Gasteiger partial charge in [-0.15, -0.1) is 0 Å². The Hall–Kier alpha value is -1.84. The average Bonchev–Trinajstić information content (AvgIpc) is 2.31. The number of aromatic amines is 1. The first-order valence-electron chi connectivity index (χ1n) is 5.68. The van der Waals surface area contributed by atoms with E-state index in [2.05, 4.69) is 9.97 Å². The second-order valence-corrected chi connectivity index (χ2v) is 5.05. The van der Waals surface area contributed by atoms with Gasteiger partial charge in [-0.1, -0.05) is 11.8 Å². The van der Waals surface area contributed by atoms with Crippen LogP contribution in [0, 0.1) is 6.92 Å². The van der Waals surface area contributed by atoms with Gasteiger partial charge in [0.15, 0.2) is 5.78 Å². The lowest BCUT2D eigenvalue weighted by atomic mass is 10.2. The quantitative estimate of drug-likeness (QED) is 0.480. The minimum Gasteiger partial charge on any atom is -0.346 e. The lowest BCUT2D eigenvalue weighted by molar-refractivity contribution is -0.136.